The molecule has 9 nitrogen and oxygen atoms in total. The predicted molar refractivity (Wildman–Crippen MR) is 79.4 cm³/mol. The van der Waals surface area contributed by atoms with E-state index >= 15 is 0 Å². The van der Waals surface area contributed by atoms with E-state index in [0.717, 1.165) is 0 Å². The number of carboxylic acids is 1. The van der Waals surface area contributed by atoms with Crippen LogP contribution in [0.4, 0.5) is 0 Å². The summed E-state index contributed by atoms with van der Waals surface area (Å²) < 4.78 is 10.9. The molecule has 132 valence electrons. The van der Waals surface area contributed by atoms with Crippen LogP contribution in [-0.4, -0.2) is 69.6 Å². The molecule has 1 aromatic carbocycles. The molecule has 0 unspecified atom stereocenters. The Balaban J connectivity index is 2.19. The molecular formula is C15H19NO8. The fraction of sp³-hybridized carbons (Fsp3) is 0.467. The van der Waals surface area contributed by atoms with Crippen molar-refractivity contribution in [3.05, 3.63) is 29.8 Å². The molecule has 1 aliphatic rings. The highest BCUT2D eigenvalue weighted by molar-refractivity contribution is 5.87. The smallest absolute Gasteiger partial charge is 0.335 e. The second kappa shape index (κ2) is 7.58. The Hall–Kier alpha value is -2.20. The van der Waals surface area contributed by atoms with Crippen molar-refractivity contribution in [2.24, 2.45) is 0 Å². The average molecular weight is 341 g/mol. The van der Waals surface area contributed by atoms with Crippen LogP contribution in [0.25, 0.3) is 0 Å². The summed E-state index contributed by atoms with van der Waals surface area (Å²) in [4.78, 5) is 22.1. The third-order valence-electron chi connectivity index (χ3n) is 3.60. The molecule has 5 N–H and O–H groups in total. The molecule has 0 saturated carbocycles. The lowest BCUT2D eigenvalue weighted by molar-refractivity contribution is -0.244. The van der Waals surface area contributed by atoms with Crippen molar-refractivity contribution < 1.29 is 39.5 Å². The number of nitrogens with one attached hydrogen (secondary N) is 1. The number of carbonyl (C=O) groups excluding carboxylic acids is 1. The van der Waals surface area contributed by atoms with Crippen molar-refractivity contribution in [3.8, 4) is 5.75 Å². The molecule has 0 spiro atoms. The highest BCUT2D eigenvalue weighted by Crippen LogP contribution is 2.24. The van der Waals surface area contributed by atoms with E-state index in [0.29, 0.717) is 0 Å². The number of amides is 1. The fourth-order valence-electron chi connectivity index (χ4n) is 2.38. The topological polar surface area (TPSA) is 146 Å². The number of hydrogen-bond acceptors (Lipinski definition) is 7. The highest BCUT2D eigenvalue weighted by Gasteiger charge is 2.46. The molecular weight excluding hydrogens is 322 g/mol. The summed E-state index contributed by atoms with van der Waals surface area (Å²) in [6, 6.07) is 4.36. The van der Waals surface area contributed by atoms with Gasteiger partial charge in [-0.3, -0.25) is 4.79 Å². The number of carboxylic acid groups (broad SMARTS) is 1. The van der Waals surface area contributed by atoms with Crippen molar-refractivity contribution in [1.82, 2.24) is 5.32 Å². The van der Waals surface area contributed by atoms with Crippen molar-refractivity contribution in [2.45, 2.75) is 37.6 Å². The predicted octanol–water partition coefficient (Wildman–Crippen LogP) is -1.29. The van der Waals surface area contributed by atoms with Gasteiger partial charge in [-0.15, -0.1) is 0 Å². The molecule has 2 rings (SSSR count). The minimum absolute atomic E-state index is 0.0639. The van der Waals surface area contributed by atoms with E-state index in [9.17, 15) is 24.9 Å². The van der Waals surface area contributed by atoms with Gasteiger partial charge in [0.2, 0.25) is 12.2 Å². The summed E-state index contributed by atoms with van der Waals surface area (Å²) in [5.74, 6) is -1.32. The number of rotatable bonds is 5. The molecule has 1 aromatic rings. The van der Waals surface area contributed by atoms with Crippen LogP contribution in [0.2, 0.25) is 0 Å². The van der Waals surface area contributed by atoms with Gasteiger partial charge < -0.3 is 35.2 Å². The maximum atomic E-state index is 11.3. The Morgan fingerprint density at radius 2 is 1.83 bits per heavy atom. The molecule has 24 heavy (non-hydrogen) atoms. The second-order valence-electron chi connectivity index (χ2n) is 5.38. The second-order valence-corrected chi connectivity index (χ2v) is 5.38. The van der Waals surface area contributed by atoms with Crippen molar-refractivity contribution in [3.63, 3.8) is 0 Å². The minimum Gasteiger partial charge on any atom is -0.478 e. The van der Waals surface area contributed by atoms with Gasteiger partial charge in [0, 0.05) is 6.92 Å². The van der Waals surface area contributed by atoms with Crippen LogP contribution >= 0.6 is 0 Å². The molecule has 5 atom stereocenters. The monoisotopic (exact) mass is 341 g/mol. The molecule has 0 aromatic heterocycles. The number of aliphatic hydroxyl groups is 3. The van der Waals surface area contributed by atoms with E-state index in [1.165, 1.54) is 31.2 Å². The van der Waals surface area contributed by atoms with Gasteiger partial charge in [-0.05, 0) is 24.3 Å². The first-order chi connectivity index (χ1) is 11.3. The standard InChI is InChI=1S/C15H19NO8/c1-7(18)16-11-13(20)12(19)10(6-17)24-15(11)23-9-4-2-8(3-5-9)14(21)22/h2-5,10-13,15,17,19-20H,6H2,1H3,(H,16,18)(H,21,22)/t10-,11-,12+,13-,15-/m0/s1. The van der Waals surface area contributed by atoms with Crippen molar-refractivity contribution in [2.75, 3.05) is 6.61 Å². The van der Waals surface area contributed by atoms with Gasteiger partial charge in [0.15, 0.2) is 0 Å². The Labute approximate surface area is 137 Å². The Morgan fingerprint density at radius 1 is 1.21 bits per heavy atom. The zero-order valence-electron chi connectivity index (χ0n) is 12.8. The lowest BCUT2D eigenvalue weighted by atomic mass is 9.97. The SMILES string of the molecule is CC(=O)N[C@@H]1[C@@H](Oc2ccc(C(=O)O)cc2)O[C@@H](CO)[C@@H](O)[C@H]1O. The molecule has 0 aliphatic carbocycles. The summed E-state index contributed by atoms with van der Waals surface area (Å²) in [7, 11) is 0. The first kappa shape index (κ1) is 18.1. The summed E-state index contributed by atoms with van der Waals surface area (Å²) in [5.41, 5.74) is 0.0639. The maximum absolute atomic E-state index is 11.3. The number of ether oxygens (including phenoxy) is 2. The Kier molecular flexibility index (Phi) is 5.73. The summed E-state index contributed by atoms with van der Waals surface area (Å²) in [6.45, 7) is 0.679. The van der Waals surface area contributed by atoms with E-state index in [4.69, 9.17) is 14.6 Å². The average Bonchev–Trinajstić information content (AvgIpc) is 2.54. The molecule has 0 bridgehead atoms. The van der Waals surface area contributed by atoms with Crippen LogP contribution in [0.3, 0.4) is 0 Å². The highest BCUT2D eigenvalue weighted by atomic mass is 16.7. The first-order valence-corrected chi connectivity index (χ1v) is 7.23. The minimum atomic E-state index is -1.41. The Morgan fingerprint density at radius 3 is 2.33 bits per heavy atom. The number of hydrogen-bond donors (Lipinski definition) is 5. The van der Waals surface area contributed by atoms with Gasteiger partial charge >= 0.3 is 5.97 Å². The van der Waals surface area contributed by atoms with Gasteiger partial charge in [0.1, 0.15) is 30.1 Å². The number of aliphatic hydroxyl groups excluding tert-OH is 3. The Bertz CT molecular complexity index is 590. The number of carbonyl (C=O) groups is 2. The zero-order valence-corrected chi connectivity index (χ0v) is 12.8. The van der Waals surface area contributed by atoms with Gasteiger partial charge in [0.05, 0.1) is 12.2 Å². The number of aromatic carboxylic acids is 1. The summed E-state index contributed by atoms with van der Waals surface area (Å²) in [6.07, 6.45) is -5.09. The van der Waals surface area contributed by atoms with E-state index in [1.807, 2.05) is 0 Å². The zero-order chi connectivity index (χ0) is 17.9. The van der Waals surface area contributed by atoms with E-state index < -0.39 is 49.1 Å². The third kappa shape index (κ3) is 4.01. The lowest BCUT2D eigenvalue weighted by Crippen LogP contribution is -2.65. The van der Waals surface area contributed by atoms with Gasteiger partial charge in [-0.25, -0.2) is 4.79 Å². The van der Waals surface area contributed by atoms with Crippen molar-refractivity contribution >= 4 is 11.9 Å². The van der Waals surface area contributed by atoms with Crippen LogP contribution in [0, 0.1) is 0 Å². The summed E-state index contributed by atoms with van der Waals surface area (Å²) in [5, 5.41) is 40.6. The third-order valence-corrected chi connectivity index (χ3v) is 3.60. The summed E-state index contributed by atoms with van der Waals surface area (Å²) >= 11 is 0. The quantitative estimate of drug-likeness (QED) is 0.445. The normalized spacial score (nSPS) is 29.8. The molecule has 0 radical (unpaired) electrons. The molecule has 1 heterocycles. The first-order valence-electron chi connectivity index (χ1n) is 7.23. The van der Waals surface area contributed by atoms with E-state index in [1.54, 1.807) is 0 Å². The molecule has 1 saturated heterocycles. The van der Waals surface area contributed by atoms with Crippen LogP contribution in [-0.2, 0) is 9.53 Å². The number of benzene rings is 1. The molecule has 1 aliphatic heterocycles. The maximum Gasteiger partial charge on any atom is 0.335 e. The van der Waals surface area contributed by atoms with E-state index in [2.05, 4.69) is 5.32 Å². The van der Waals surface area contributed by atoms with Crippen LogP contribution in [0.5, 0.6) is 5.75 Å². The van der Waals surface area contributed by atoms with Crippen LogP contribution < -0.4 is 10.1 Å². The van der Waals surface area contributed by atoms with Crippen LogP contribution in [0.15, 0.2) is 24.3 Å². The van der Waals surface area contributed by atoms with Crippen molar-refractivity contribution in [1.29, 1.82) is 0 Å². The molecule has 1 fully saturated rings. The molecule has 9 heteroatoms. The molecule has 1 amide bonds. The van der Waals surface area contributed by atoms with E-state index in [-0.39, 0.29) is 11.3 Å². The lowest BCUT2D eigenvalue weighted by Gasteiger charge is -2.42. The van der Waals surface area contributed by atoms with Gasteiger partial charge in [-0.1, -0.05) is 0 Å². The van der Waals surface area contributed by atoms with Gasteiger partial charge in [-0.2, -0.15) is 0 Å². The van der Waals surface area contributed by atoms with Gasteiger partial charge in [0.25, 0.3) is 0 Å². The fourth-order valence-corrected chi connectivity index (χ4v) is 2.38. The van der Waals surface area contributed by atoms with Crippen LogP contribution in [0.1, 0.15) is 17.3 Å². The largest absolute Gasteiger partial charge is 0.478 e.